The second-order valence-electron chi connectivity index (χ2n) is 9.51. The second-order valence-corrected chi connectivity index (χ2v) is 12.6. The van der Waals surface area contributed by atoms with Crippen LogP contribution in [0.4, 0.5) is 11.4 Å². The number of amides is 1. The second kappa shape index (κ2) is 9.93. The van der Waals surface area contributed by atoms with E-state index in [-0.39, 0.29) is 5.91 Å². The number of aromatic amines is 1. The van der Waals surface area contributed by atoms with Crippen molar-refractivity contribution in [3.63, 3.8) is 0 Å². The highest BCUT2D eigenvalue weighted by atomic mass is 35.5. The molecule has 0 aliphatic carbocycles. The van der Waals surface area contributed by atoms with E-state index in [4.69, 9.17) is 16.7 Å². The van der Waals surface area contributed by atoms with Crippen LogP contribution in [-0.4, -0.2) is 20.3 Å². The average molecular weight is 579 g/mol. The van der Waals surface area contributed by atoms with Crippen LogP contribution in [0.25, 0.3) is 17.0 Å². The van der Waals surface area contributed by atoms with Gasteiger partial charge in [0.25, 0.3) is 5.91 Å². The average Bonchev–Trinajstić information content (AvgIpc) is 3.61. The zero-order valence-electron chi connectivity index (χ0n) is 21.4. The van der Waals surface area contributed by atoms with Crippen molar-refractivity contribution in [1.82, 2.24) is 4.98 Å². The van der Waals surface area contributed by atoms with E-state index in [1.807, 2.05) is 120 Å². The maximum atomic E-state index is 14.4. The van der Waals surface area contributed by atoms with Gasteiger partial charge < -0.3 is 4.98 Å². The molecular formula is C32H23ClN4OS2. The van der Waals surface area contributed by atoms with Gasteiger partial charge in [-0.1, -0.05) is 90.1 Å². The first kappa shape index (κ1) is 25.1. The number of fused-ring (bicyclic) bond motifs is 1. The number of hydrogen-bond donors (Lipinski definition) is 1. The van der Waals surface area contributed by atoms with Crippen LogP contribution < -0.4 is 9.91 Å². The van der Waals surface area contributed by atoms with Crippen LogP contribution in [0, 0.1) is 6.92 Å². The molecule has 1 atom stereocenters. The lowest BCUT2D eigenvalue weighted by molar-refractivity contribution is -0.114. The van der Waals surface area contributed by atoms with Gasteiger partial charge in [-0.2, -0.15) is 5.10 Å². The number of hydrogen-bond acceptors (Lipinski definition) is 5. The minimum Gasteiger partial charge on any atom is -0.358 e. The summed E-state index contributed by atoms with van der Waals surface area (Å²) >= 11 is 9.29. The van der Waals surface area contributed by atoms with Gasteiger partial charge in [0.15, 0.2) is 0 Å². The van der Waals surface area contributed by atoms with E-state index >= 15 is 0 Å². The van der Waals surface area contributed by atoms with Crippen molar-refractivity contribution in [2.45, 2.75) is 11.3 Å². The van der Waals surface area contributed by atoms with Crippen molar-refractivity contribution in [3.8, 4) is 0 Å². The Balaban J connectivity index is 1.42. The van der Waals surface area contributed by atoms with Gasteiger partial charge in [0.2, 0.25) is 4.33 Å². The monoisotopic (exact) mass is 578 g/mol. The van der Waals surface area contributed by atoms with Crippen molar-refractivity contribution in [1.29, 1.82) is 0 Å². The largest absolute Gasteiger partial charge is 0.358 e. The molecule has 2 aliphatic rings. The molecule has 4 aromatic carbocycles. The first-order chi connectivity index (χ1) is 19.5. The maximum absolute atomic E-state index is 14.4. The molecular weight excluding hydrogens is 556 g/mol. The van der Waals surface area contributed by atoms with Crippen molar-refractivity contribution in [2.24, 2.45) is 5.10 Å². The number of rotatable bonds is 4. The van der Waals surface area contributed by atoms with Crippen LogP contribution in [-0.2, 0) is 4.79 Å². The third-order valence-corrected chi connectivity index (χ3v) is 9.97. The Labute approximate surface area is 245 Å². The quantitative estimate of drug-likeness (QED) is 0.217. The van der Waals surface area contributed by atoms with Gasteiger partial charge in [-0.25, -0.2) is 5.01 Å². The number of thioether (sulfide) groups is 2. The van der Waals surface area contributed by atoms with Crippen molar-refractivity contribution in [2.75, 3.05) is 9.91 Å². The fourth-order valence-corrected chi connectivity index (χ4v) is 8.18. The Morgan fingerprint density at radius 1 is 0.825 bits per heavy atom. The minimum atomic E-state index is -0.916. The summed E-state index contributed by atoms with van der Waals surface area (Å²) in [7, 11) is 0. The summed E-state index contributed by atoms with van der Waals surface area (Å²) in [5, 5.41) is 9.66. The molecule has 5 aromatic rings. The number of para-hydroxylation sites is 3. The minimum absolute atomic E-state index is 0.0677. The highest BCUT2D eigenvalue weighted by molar-refractivity contribution is 8.28. The summed E-state index contributed by atoms with van der Waals surface area (Å²) < 4.78 is -0.916. The first-order valence-electron chi connectivity index (χ1n) is 12.8. The lowest BCUT2D eigenvalue weighted by Gasteiger charge is -2.38. The van der Waals surface area contributed by atoms with Crippen LogP contribution in [0.5, 0.6) is 0 Å². The Kier molecular flexibility index (Phi) is 6.23. The molecule has 5 nitrogen and oxygen atoms in total. The lowest BCUT2D eigenvalue weighted by atomic mass is 10.1. The van der Waals surface area contributed by atoms with Gasteiger partial charge in [-0.3, -0.25) is 9.69 Å². The van der Waals surface area contributed by atoms with E-state index in [0.29, 0.717) is 9.93 Å². The molecule has 3 heterocycles. The van der Waals surface area contributed by atoms with Gasteiger partial charge >= 0.3 is 0 Å². The number of aryl methyl sites for hydroxylation is 1. The third-order valence-electron chi connectivity index (χ3n) is 6.95. The van der Waals surface area contributed by atoms with Crippen LogP contribution in [0.15, 0.2) is 119 Å². The molecule has 2 aliphatic heterocycles. The molecule has 196 valence electrons. The summed E-state index contributed by atoms with van der Waals surface area (Å²) in [5.41, 5.74) is 5.73. The lowest BCUT2D eigenvalue weighted by Crippen LogP contribution is -2.51. The van der Waals surface area contributed by atoms with Crippen LogP contribution in [0.2, 0.25) is 5.02 Å². The summed E-state index contributed by atoms with van der Waals surface area (Å²) in [6.07, 6.45) is 2.02. The summed E-state index contributed by atoms with van der Waals surface area (Å²) in [6, 6.07) is 35.7. The topological polar surface area (TPSA) is 51.7 Å². The molecule has 8 heteroatoms. The molecule has 1 spiro atoms. The maximum Gasteiger partial charge on any atom is 0.268 e. The Hall–Kier alpha value is -3.91. The molecule has 0 bridgehead atoms. The number of carbonyl (C=O) groups excluding carboxylic acids is 1. The molecule has 0 radical (unpaired) electrons. The molecule has 1 unspecified atom stereocenters. The van der Waals surface area contributed by atoms with Crippen molar-refractivity contribution >= 4 is 74.4 Å². The summed E-state index contributed by atoms with van der Waals surface area (Å²) in [6.45, 7) is 2.05. The Morgan fingerprint density at radius 2 is 1.48 bits per heavy atom. The molecule has 1 fully saturated rings. The van der Waals surface area contributed by atoms with Gasteiger partial charge in [0.1, 0.15) is 5.04 Å². The Bertz CT molecular complexity index is 1800. The van der Waals surface area contributed by atoms with Crippen molar-refractivity contribution in [3.05, 3.63) is 136 Å². The number of benzene rings is 4. The van der Waals surface area contributed by atoms with Crippen LogP contribution in [0.3, 0.4) is 0 Å². The highest BCUT2D eigenvalue weighted by Crippen LogP contribution is 2.59. The van der Waals surface area contributed by atoms with E-state index < -0.39 is 4.33 Å². The van der Waals surface area contributed by atoms with Crippen LogP contribution >= 0.6 is 35.1 Å². The van der Waals surface area contributed by atoms with Gasteiger partial charge in [0.05, 0.1) is 10.6 Å². The standard InChI is InChI=1S/C32H23ClN4OS2/c1-21-27(26-14-8-9-15-28(26)34-21)20-29-31(38)36(24-10-4-2-5-11-24)32(39-29)37(25-12-6-3-7-13-25)35-30(40-32)22-16-18-23(33)19-17-22/h2-20,34H,1H3/b29-20-. The number of halogens is 1. The SMILES string of the molecule is Cc1[nH]c2ccccc2c1/C=C1\SC2(SC(c3ccc(Cl)cc3)=NN2c2ccccc2)N(c2ccccc2)C1=O. The van der Waals surface area contributed by atoms with Crippen molar-refractivity contribution < 1.29 is 4.79 Å². The summed E-state index contributed by atoms with van der Waals surface area (Å²) in [5.74, 6) is -0.0677. The fraction of sp³-hybridized carbons (Fsp3) is 0.0625. The zero-order chi connectivity index (χ0) is 27.3. The molecule has 1 N–H and O–H groups in total. The number of nitrogens with one attached hydrogen (secondary N) is 1. The zero-order valence-corrected chi connectivity index (χ0v) is 23.8. The van der Waals surface area contributed by atoms with E-state index in [1.54, 1.807) is 11.8 Å². The van der Waals surface area contributed by atoms with Crippen LogP contribution in [0.1, 0.15) is 16.8 Å². The molecule has 0 saturated carbocycles. The smallest absolute Gasteiger partial charge is 0.268 e. The normalized spacial score (nSPS) is 19.8. The van der Waals surface area contributed by atoms with Gasteiger partial charge in [0, 0.05) is 38.4 Å². The van der Waals surface area contributed by atoms with Gasteiger partial charge in [-0.05, 0) is 67.2 Å². The van der Waals surface area contributed by atoms with Gasteiger partial charge in [-0.15, -0.1) is 0 Å². The number of H-pyrrole nitrogens is 1. The molecule has 40 heavy (non-hydrogen) atoms. The number of aromatic nitrogens is 1. The number of hydrazone groups is 1. The first-order valence-corrected chi connectivity index (χ1v) is 14.8. The van der Waals surface area contributed by atoms with E-state index in [2.05, 4.69) is 17.1 Å². The molecule has 1 aromatic heterocycles. The van der Waals surface area contributed by atoms with E-state index in [9.17, 15) is 4.79 Å². The number of anilines is 2. The number of carbonyl (C=O) groups is 1. The number of nitrogens with zero attached hydrogens (tertiary/aromatic N) is 3. The van der Waals surface area contributed by atoms with E-state index in [0.717, 1.165) is 44.1 Å². The molecule has 7 rings (SSSR count). The Morgan fingerprint density at radius 3 is 2.20 bits per heavy atom. The highest BCUT2D eigenvalue weighted by Gasteiger charge is 2.59. The fourth-order valence-electron chi connectivity index (χ4n) is 5.08. The molecule has 1 amide bonds. The predicted molar refractivity (Wildman–Crippen MR) is 170 cm³/mol. The third kappa shape index (κ3) is 4.13. The molecule has 1 saturated heterocycles. The van der Waals surface area contributed by atoms with E-state index in [1.165, 1.54) is 11.8 Å². The summed E-state index contributed by atoms with van der Waals surface area (Å²) in [4.78, 5) is 20.4. The predicted octanol–water partition coefficient (Wildman–Crippen LogP) is 8.48.